The van der Waals surface area contributed by atoms with E-state index in [0.717, 1.165) is 0 Å². The van der Waals surface area contributed by atoms with Crippen molar-refractivity contribution in [3.8, 4) is 0 Å². The van der Waals surface area contributed by atoms with Gasteiger partial charge in [0.15, 0.2) is 0 Å². The van der Waals surface area contributed by atoms with E-state index in [9.17, 15) is 8.42 Å². The Bertz CT molecular complexity index is 481. The quantitative estimate of drug-likeness (QED) is 0.767. The SMILES string of the molecule is COCCCN(C)S(=O)(=O)c1cc(CO)sc1C. The highest BCUT2D eigenvalue weighted by Gasteiger charge is 2.24. The van der Waals surface area contributed by atoms with Crippen LogP contribution in [0.1, 0.15) is 16.2 Å². The summed E-state index contributed by atoms with van der Waals surface area (Å²) in [5, 5.41) is 9.04. The molecule has 0 bridgehead atoms. The van der Waals surface area contributed by atoms with Gasteiger partial charge in [-0.2, -0.15) is 0 Å². The lowest BCUT2D eigenvalue weighted by atomic mass is 10.4. The summed E-state index contributed by atoms with van der Waals surface area (Å²) < 4.78 is 30.8. The second kappa shape index (κ2) is 6.63. The molecule has 0 aliphatic carbocycles. The zero-order valence-corrected chi connectivity index (χ0v) is 12.5. The molecule has 0 aliphatic heterocycles. The van der Waals surface area contributed by atoms with Crippen LogP contribution in [0.3, 0.4) is 0 Å². The number of rotatable bonds is 7. The van der Waals surface area contributed by atoms with E-state index in [1.165, 1.54) is 15.6 Å². The molecule has 5 nitrogen and oxygen atoms in total. The second-order valence-corrected chi connectivity index (χ2v) is 7.32. The molecule has 0 unspecified atom stereocenters. The molecule has 0 fully saturated rings. The number of thiophene rings is 1. The minimum atomic E-state index is -3.46. The topological polar surface area (TPSA) is 66.8 Å². The summed E-state index contributed by atoms with van der Waals surface area (Å²) in [6, 6.07) is 1.54. The third kappa shape index (κ3) is 3.52. The van der Waals surface area contributed by atoms with Gasteiger partial charge in [0.05, 0.1) is 11.5 Å². The average Bonchev–Trinajstić information content (AvgIpc) is 2.71. The molecule has 1 aromatic rings. The lowest BCUT2D eigenvalue weighted by Gasteiger charge is -2.16. The van der Waals surface area contributed by atoms with Crippen LogP contribution in [0.15, 0.2) is 11.0 Å². The van der Waals surface area contributed by atoms with Crippen molar-refractivity contribution >= 4 is 21.4 Å². The van der Waals surface area contributed by atoms with Gasteiger partial charge in [-0.05, 0) is 19.4 Å². The first-order valence-electron chi connectivity index (χ1n) is 5.59. The molecule has 1 heterocycles. The third-order valence-corrected chi connectivity index (χ3v) is 5.74. The second-order valence-electron chi connectivity index (χ2n) is 3.96. The molecule has 0 aliphatic rings. The Morgan fingerprint density at radius 1 is 1.50 bits per heavy atom. The van der Waals surface area contributed by atoms with Gasteiger partial charge in [0.25, 0.3) is 0 Å². The average molecular weight is 293 g/mol. The fourth-order valence-corrected chi connectivity index (χ4v) is 4.25. The van der Waals surface area contributed by atoms with Crippen LogP contribution < -0.4 is 0 Å². The fraction of sp³-hybridized carbons (Fsp3) is 0.636. The zero-order valence-electron chi connectivity index (χ0n) is 10.8. The van der Waals surface area contributed by atoms with Crippen LogP contribution in [0, 0.1) is 6.92 Å². The van der Waals surface area contributed by atoms with E-state index in [4.69, 9.17) is 9.84 Å². The van der Waals surface area contributed by atoms with Crippen LogP contribution in [0.25, 0.3) is 0 Å². The minimum absolute atomic E-state index is 0.131. The molecule has 0 radical (unpaired) electrons. The molecular weight excluding hydrogens is 274 g/mol. The Balaban J connectivity index is 2.87. The largest absolute Gasteiger partial charge is 0.391 e. The maximum atomic E-state index is 12.3. The number of sulfonamides is 1. The van der Waals surface area contributed by atoms with Crippen LogP contribution >= 0.6 is 11.3 Å². The predicted molar refractivity (Wildman–Crippen MR) is 71.3 cm³/mol. The predicted octanol–water partition coefficient (Wildman–Crippen LogP) is 1.21. The number of hydrogen-bond acceptors (Lipinski definition) is 5. The summed E-state index contributed by atoms with van der Waals surface area (Å²) >= 11 is 1.31. The lowest BCUT2D eigenvalue weighted by molar-refractivity contribution is 0.189. The first-order valence-corrected chi connectivity index (χ1v) is 7.84. The van der Waals surface area contributed by atoms with E-state index in [1.807, 2.05) is 0 Å². The number of nitrogens with zero attached hydrogens (tertiary/aromatic N) is 1. The van der Waals surface area contributed by atoms with Crippen molar-refractivity contribution in [3.63, 3.8) is 0 Å². The number of aliphatic hydroxyl groups excluding tert-OH is 1. The maximum absolute atomic E-state index is 12.3. The molecule has 104 valence electrons. The molecule has 0 aromatic carbocycles. The van der Waals surface area contributed by atoms with Gasteiger partial charge in [-0.3, -0.25) is 0 Å². The van der Waals surface area contributed by atoms with Crippen LogP contribution in [0.4, 0.5) is 0 Å². The van der Waals surface area contributed by atoms with E-state index in [1.54, 1.807) is 27.1 Å². The van der Waals surface area contributed by atoms with Crippen LogP contribution in [-0.2, 0) is 21.4 Å². The monoisotopic (exact) mass is 293 g/mol. The number of aryl methyl sites for hydroxylation is 1. The Hall–Kier alpha value is -0.470. The molecule has 0 spiro atoms. The molecule has 7 heteroatoms. The molecular formula is C11H19NO4S2. The number of methoxy groups -OCH3 is 1. The molecule has 18 heavy (non-hydrogen) atoms. The number of aliphatic hydroxyl groups is 1. The highest BCUT2D eigenvalue weighted by atomic mass is 32.2. The van der Waals surface area contributed by atoms with Gasteiger partial charge in [-0.15, -0.1) is 11.3 Å². The van der Waals surface area contributed by atoms with Gasteiger partial charge in [0.2, 0.25) is 10.0 Å². The van der Waals surface area contributed by atoms with Crippen molar-refractivity contribution in [2.45, 2.75) is 24.8 Å². The lowest BCUT2D eigenvalue weighted by Crippen LogP contribution is -2.28. The van der Waals surface area contributed by atoms with Crippen LogP contribution in [0.5, 0.6) is 0 Å². The zero-order chi connectivity index (χ0) is 13.8. The Kier molecular flexibility index (Phi) is 5.74. The van der Waals surface area contributed by atoms with E-state index in [-0.39, 0.29) is 11.5 Å². The van der Waals surface area contributed by atoms with Gasteiger partial charge in [0, 0.05) is 37.1 Å². The molecule has 0 saturated heterocycles. The van der Waals surface area contributed by atoms with E-state index >= 15 is 0 Å². The molecule has 1 aromatic heterocycles. The van der Waals surface area contributed by atoms with Crippen LogP contribution in [0.2, 0.25) is 0 Å². The first kappa shape index (κ1) is 15.6. The van der Waals surface area contributed by atoms with Crippen molar-refractivity contribution in [2.75, 3.05) is 27.3 Å². The summed E-state index contributed by atoms with van der Waals surface area (Å²) in [4.78, 5) is 1.66. The van der Waals surface area contributed by atoms with Crippen molar-refractivity contribution in [1.82, 2.24) is 4.31 Å². The van der Waals surface area contributed by atoms with Gasteiger partial charge in [-0.25, -0.2) is 12.7 Å². The molecule has 0 saturated carbocycles. The van der Waals surface area contributed by atoms with E-state index in [2.05, 4.69) is 0 Å². The summed E-state index contributed by atoms with van der Waals surface area (Å²) in [7, 11) is -0.318. The van der Waals surface area contributed by atoms with Crippen molar-refractivity contribution < 1.29 is 18.3 Å². The summed E-state index contributed by atoms with van der Waals surface area (Å²) in [6.45, 7) is 2.57. The number of ether oxygens (including phenoxy) is 1. The Morgan fingerprint density at radius 2 is 2.17 bits per heavy atom. The third-order valence-electron chi connectivity index (χ3n) is 2.59. The maximum Gasteiger partial charge on any atom is 0.243 e. The number of hydrogen-bond donors (Lipinski definition) is 1. The normalized spacial score (nSPS) is 12.3. The van der Waals surface area contributed by atoms with Crippen molar-refractivity contribution in [3.05, 3.63) is 15.8 Å². The smallest absolute Gasteiger partial charge is 0.243 e. The highest BCUT2D eigenvalue weighted by Crippen LogP contribution is 2.27. The summed E-state index contributed by atoms with van der Waals surface area (Å²) in [5.41, 5.74) is 0. The van der Waals surface area contributed by atoms with Crippen molar-refractivity contribution in [1.29, 1.82) is 0 Å². The standard InChI is InChI=1S/C11H19NO4S2/c1-9-11(7-10(8-13)17-9)18(14,15)12(2)5-4-6-16-3/h7,13H,4-6,8H2,1-3H3. The Morgan fingerprint density at radius 3 is 2.67 bits per heavy atom. The summed E-state index contributed by atoms with van der Waals surface area (Å²) in [5.74, 6) is 0. The van der Waals surface area contributed by atoms with E-state index < -0.39 is 10.0 Å². The molecule has 0 amide bonds. The molecule has 1 rings (SSSR count). The minimum Gasteiger partial charge on any atom is -0.391 e. The Labute approximate surface area is 112 Å². The van der Waals surface area contributed by atoms with Gasteiger partial charge >= 0.3 is 0 Å². The van der Waals surface area contributed by atoms with Gasteiger partial charge in [-0.1, -0.05) is 0 Å². The fourth-order valence-electron chi connectivity index (χ4n) is 1.58. The van der Waals surface area contributed by atoms with Gasteiger partial charge in [0.1, 0.15) is 0 Å². The molecule has 0 atom stereocenters. The highest BCUT2D eigenvalue weighted by molar-refractivity contribution is 7.89. The van der Waals surface area contributed by atoms with Crippen LogP contribution in [-0.4, -0.2) is 45.1 Å². The first-order chi connectivity index (χ1) is 8.43. The molecule has 1 N–H and O–H groups in total. The summed E-state index contributed by atoms with van der Waals surface area (Å²) in [6.07, 6.45) is 0.655. The van der Waals surface area contributed by atoms with Crippen molar-refractivity contribution in [2.24, 2.45) is 0 Å². The van der Waals surface area contributed by atoms with E-state index in [0.29, 0.717) is 29.3 Å². The van der Waals surface area contributed by atoms with Gasteiger partial charge < -0.3 is 9.84 Å².